The Morgan fingerprint density at radius 1 is 1.04 bits per heavy atom. The van der Waals surface area contributed by atoms with Crippen LogP contribution >= 0.6 is 0 Å². The summed E-state index contributed by atoms with van der Waals surface area (Å²) in [5.74, 6) is 1.76. The van der Waals surface area contributed by atoms with E-state index in [4.69, 9.17) is 4.74 Å². The smallest absolute Gasteiger partial charge is 0.191 e. The van der Waals surface area contributed by atoms with Gasteiger partial charge in [0.2, 0.25) is 0 Å². The second-order valence-electron chi connectivity index (χ2n) is 6.44. The number of rotatable bonds is 3. The number of hydrogen-bond acceptors (Lipinski definition) is 2. The molecule has 2 N–H and O–H groups in total. The predicted molar refractivity (Wildman–Crippen MR) is 107 cm³/mol. The minimum absolute atomic E-state index is 0.207. The van der Waals surface area contributed by atoms with Crippen LogP contribution in [0.15, 0.2) is 71.7 Å². The van der Waals surface area contributed by atoms with Gasteiger partial charge in [-0.15, -0.1) is 0 Å². The SMILES string of the molecule is CN=C(NCc1cccc2ccccc12)NC1CCOc2ccccc21. The van der Waals surface area contributed by atoms with E-state index in [1.165, 1.54) is 21.9 Å². The fraction of sp³-hybridized carbons (Fsp3) is 0.227. The van der Waals surface area contributed by atoms with Gasteiger partial charge in [0.15, 0.2) is 5.96 Å². The molecular formula is C22H23N3O. The van der Waals surface area contributed by atoms with E-state index in [9.17, 15) is 0 Å². The fourth-order valence-corrected chi connectivity index (χ4v) is 3.48. The lowest BCUT2D eigenvalue weighted by molar-refractivity contribution is 0.261. The first-order valence-corrected chi connectivity index (χ1v) is 9.01. The average molecular weight is 345 g/mol. The van der Waals surface area contributed by atoms with Gasteiger partial charge in [0.05, 0.1) is 12.6 Å². The van der Waals surface area contributed by atoms with Crippen LogP contribution in [0.4, 0.5) is 0 Å². The number of para-hydroxylation sites is 1. The van der Waals surface area contributed by atoms with E-state index in [1.807, 2.05) is 19.2 Å². The molecule has 0 bridgehead atoms. The molecule has 0 aromatic heterocycles. The summed E-state index contributed by atoms with van der Waals surface area (Å²) in [6, 6.07) is 23.3. The highest BCUT2D eigenvalue weighted by atomic mass is 16.5. The maximum Gasteiger partial charge on any atom is 0.191 e. The predicted octanol–water partition coefficient (Wildman–Crippen LogP) is 4.03. The number of aliphatic imine (C=N–C) groups is 1. The Hall–Kier alpha value is -3.01. The second kappa shape index (κ2) is 7.48. The minimum atomic E-state index is 0.207. The first kappa shape index (κ1) is 16.5. The Morgan fingerprint density at radius 2 is 1.85 bits per heavy atom. The van der Waals surface area contributed by atoms with E-state index >= 15 is 0 Å². The molecule has 1 heterocycles. The van der Waals surface area contributed by atoms with Crippen LogP contribution in [0.3, 0.4) is 0 Å². The molecule has 0 spiro atoms. The van der Waals surface area contributed by atoms with E-state index in [1.54, 1.807) is 0 Å². The second-order valence-corrected chi connectivity index (χ2v) is 6.44. The fourth-order valence-electron chi connectivity index (χ4n) is 3.48. The third-order valence-electron chi connectivity index (χ3n) is 4.82. The van der Waals surface area contributed by atoms with Crippen molar-refractivity contribution in [2.75, 3.05) is 13.7 Å². The molecule has 0 saturated carbocycles. The van der Waals surface area contributed by atoms with Gasteiger partial charge < -0.3 is 15.4 Å². The zero-order valence-electron chi connectivity index (χ0n) is 14.9. The standard InChI is InChI=1S/C22H23N3O/c1-23-22(25-20-13-14-26-21-12-5-4-11-19(20)21)24-15-17-9-6-8-16-7-2-3-10-18(16)17/h2-12,20H,13-15H2,1H3,(H2,23,24,25). The lowest BCUT2D eigenvalue weighted by Crippen LogP contribution is -2.40. The lowest BCUT2D eigenvalue weighted by Gasteiger charge is -2.28. The molecule has 3 aromatic rings. The molecule has 1 atom stereocenters. The van der Waals surface area contributed by atoms with Crippen LogP contribution in [0.25, 0.3) is 10.8 Å². The van der Waals surface area contributed by atoms with E-state index < -0.39 is 0 Å². The van der Waals surface area contributed by atoms with Gasteiger partial charge in [0.1, 0.15) is 5.75 Å². The summed E-state index contributed by atoms with van der Waals surface area (Å²) in [6.45, 7) is 1.45. The third-order valence-corrected chi connectivity index (χ3v) is 4.82. The normalized spacial score (nSPS) is 16.7. The van der Waals surface area contributed by atoms with E-state index in [0.717, 1.165) is 31.3 Å². The molecule has 1 aliphatic rings. The molecule has 0 radical (unpaired) electrons. The van der Waals surface area contributed by atoms with E-state index in [2.05, 4.69) is 70.2 Å². The molecule has 26 heavy (non-hydrogen) atoms. The molecular weight excluding hydrogens is 322 g/mol. The molecule has 0 saturated heterocycles. The topological polar surface area (TPSA) is 45.7 Å². The number of nitrogens with one attached hydrogen (secondary N) is 2. The Balaban J connectivity index is 1.48. The zero-order valence-corrected chi connectivity index (χ0v) is 14.9. The summed E-state index contributed by atoms with van der Waals surface area (Å²) in [6.07, 6.45) is 0.923. The number of ether oxygens (including phenoxy) is 1. The molecule has 132 valence electrons. The van der Waals surface area contributed by atoms with Gasteiger partial charge in [-0.3, -0.25) is 4.99 Å². The number of hydrogen-bond donors (Lipinski definition) is 2. The summed E-state index contributed by atoms with van der Waals surface area (Å²) in [5.41, 5.74) is 2.45. The van der Waals surface area contributed by atoms with Gasteiger partial charge in [-0.2, -0.15) is 0 Å². The molecule has 0 aliphatic carbocycles. The van der Waals surface area contributed by atoms with Crippen LogP contribution in [-0.4, -0.2) is 19.6 Å². The lowest BCUT2D eigenvalue weighted by atomic mass is 10.0. The van der Waals surface area contributed by atoms with Crippen LogP contribution in [0.5, 0.6) is 5.75 Å². The summed E-state index contributed by atoms with van der Waals surface area (Å²) in [7, 11) is 1.81. The van der Waals surface area contributed by atoms with Crippen molar-refractivity contribution in [1.82, 2.24) is 10.6 Å². The molecule has 0 fully saturated rings. The van der Waals surface area contributed by atoms with Crippen LogP contribution in [0.1, 0.15) is 23.6 Å². The molecule has 0 amide bonds. The van der Waals surface area contributed by atoms with Crippen molar-refractivity contribution in [3.8, 4) is 5.75 Å². The molecule has 4 heteroatoms. The molecule has 3 aromatic carbocycles. The van der Waals surface area contributed by atoms with Crippen molar-refractivity contribution in [3.63, 3.8) is 0 Å². The van der Waals surface area contributed by atoms with Crippen molar-refractivity contribution in [2.45, 2.75) is 19.0 Å². The maximum atomic E-state index is 5.75. The van der Waals surface area contributed by atoms with Gasteiger partial charge in [-0.05, 0) is 22.4 Å². The van der Waals surface area contributed by atoms with Crippen molar-refractivity contribution < 1.29 is 4.74 Å². The Kier molecular flexibility index (Phi) is 4.73. The number of fused-ring (bicyclic) bond motifs is 2. The minimum Gasteiger partial charge on any atom is -0.493 e. The largest absolute Gasteiger partial charge is 0.493 e. The van der Waals surface area contributed by atoms with Crippen LogP contribution < -0.4 is 15.4 Å². The highest BCUT2D eigenvalue weighted by Crippen LogP contribution is 2.31. The van der Waals surface area contributed by atoms with E-state index in [-0.39, 0.29) is 6.04 Å². The Morgan fingerprint density at radius 3 is 2.77 bits per heavy atom. The quantitative estimate of drug-likeness (QED) is 0.556. The maximum absolute atomic E-state index is 5.75. The zero-order chi connectivity index (χ0) is 17.8. The van der Waals surface area contributed by atoms with Gasteiger partial charge in [-0.25, -0.2) is 0 Å². The third kappa shape index (κ3) is 3.36. The summed E-state index contributed by atoms with van der Waals surface area (Å²) < 4.78 is 5.75. The van der Waals surface area contributed by atoms with Crippen molar-refractivity contribution in [1.29, 1.82) is 0 Å². The van der Waals surface area contributed by atoms with E-state index in [0.29, 0.717) is 0 Å². The first-order chi connectivity index (χ1) is 12.8. The van der Waals surface area contributed by atoms with Gasteiger partial charge >= 0.3 is 0 Å². The highest BCUT2D eigenvalue weighted by molar-refractivity contribution is 5.86. The van der Waals surface area contributed by atoms with Crippen LogP contribution in [-0.2, 0) is 6.54 Å². The summed E-state index contributed by atoms with van der Waals surface area (Å²) >= 11 is 0. The van der Waals surface area contributed by atoms with Crippen molar-refractivity contribution >= 4 is 16.7 Å². The molecule has 4 nitrogen and oxygen atoms in total. The number of guanidine groups is 1. The van der Waals surface area contributed by atoms with Crippen molar-refractivity contribution in [2.24, 2.45) is 4.99 Å². The molecule has 1 unspecified atom stereocenters. The average Bonchev–Trinajstić information content (AvgIpc) is 2.71. The number of benzene rings is 3. The first-order valence-electron chi connectivity index (χ1n) is 9.01. The van der Waals surface area contributed by atoms with Crippen LogP contribution in [0.2, 0.25) is 0 Å². The summed E-state index contributed by atoms with van der Waals surface area (Å²) in [4.78, 5) is 4.40. The van der Waals surface area contributed by atoms with Gasteiger partial charge in [0, 0.05) is 25.6 Å². The Labute approximate surface area is 153 Å². The van der Waals surface area contributed by atoms with Gasteiger partial charge in [0.25, 0.3) is 0 Å². The van der Waals surface area contributed by atoms with Crippen molar-refractivity contribution in [3.05, 3.63) is 77.9 Å². The van der Waals surface area contributed by atoms with Gasteiger partial charge in [-0.1, -0.05) is 60.7 Å². The monoisotopic (exact) mass is 345 g/mol. The number of nitrogens with zero attached hydrogens (tertiary/aromatic N) is 1. The molecule has 1 aliphatic heterocycles. The van der Waals surface area contributed by atoms with Crippen LogP contribution in [0, 0.1) is 0 Å². The molecule has 4 rings (SSSR count). The highest BCUT2D eigenvalue weighted by Gasteiger charge is 2.21. The Bertz CT molecular complexity index is 930. The summed E-state index contributed by atoms with van der Waals surface area (Å²) in [5, 5.41) is 9.52.